The highest BCUT2D eigenvalue weighted by molar-refractivity contribution is 6.35. The molecule has 0 aromatic heterocycles. The molecule has 1 N–H and O–H groups in total. The number of carbonyl (C=O) groups excluding carboxylic acids is 4. The summed E-state index contributed by atoms with van der Waals surface area (Å²) >= 11 is 0. The monoisotopic (exact) mass is 458 g/mol. The zero-order valence-corrected chi connectivity index (χ0v) is 19.5. The maximum atomic E-state index is 13.1. The van der Waals surface area contributed by atoms with E-state index in [0.717, 1.165) is 18.6 Å². The molecule has 0 spiro atoms. The number of hydrogen-bond acceptors (Lipinski definition) is 5. The average Bonchev–Trinajstić information content (AvgIpc) is 2.83. The van der Waals surface area contributed by atoms with Crippen LogP contribution in [0.4, 0.5) is 0 Å². The van der Waals surface area contributed by atoms with Gasteiger partial charge in [0, 0.05) is 45.3 Å². The first-order valence-corrected chi connectivity index (χ1v) is 11.7. The number of nitrogens with one attached hydrogen (secondary N) is 1. The first-order chi connectivity index (χ1) is 15.8. The number of benzene rings is 1. The van der Waals surface area contributed by atoms with Gasteiger partial charge in [-0.1, -0.05) is 18.2 Å². The van der Waals surface area contributed by atoms with E-state index in [-0.39, 0.29) is 30.2 Å². The summed E-state index contributed by atoms with van der Waals surface area (Å²) in [7, 11) is 0. The van der Waals surface area contributed by atoms with Crippen molar-refractivity contribution in [3.8, 4) is 5.75 Å². The molecule has 180 valence electrons. The zero-order valence-electron chi connectivity index (χ0n) is 19.5. The maximum absolute atomic E-state index is 13.1. The number of hydrogen-bond donors (Lipinski definition) is 1. The van der Waals surface area contributed by atoms with Gasteiger partial charge in [0.15, 0.2) is 0 Å². The molecule has 4 amide bonds. The number of amides is 4. The van der Waals surface area contributed by atoms with E-state index in [2.05, 4.69) is 5.32 Å². The Morgan fingerprint density at radius 3 is 2.30 bits per heavy atom. The summed E-state index contributed by atoms with van der Waals surface area (Å²) < 4.78 is 5.62. The Kier molecular flexibility index (Phi) is 8.68. The van der Waals surface area contributed by atoms with Crippen molar-refractivity contribution < 1.29 is 23.9 Å². The molecule has 0 radical (unpaired) electrons. The number of para-hydroxylation sites is 1. The third kappa shape index (κ3) is 6.94. The molecule has 1 aromatic rings. The fourth-order valence-corrected chi connectivity index (χ4v) is 4.19. The largest absolute Gasteiger partial charge is 0.493 e. The second kappa shape index (κ2) is 11.7. The summed E-state index contributed by atoms with van der Waals surface area (Å²) in [6, 6.07) is 9.27. The number of carbonyl (C=O) groups is 4. The summed E-state index contributed by atoms with van der Waals surface area (Å²) in [5.74, 6) is -0.646. The molecule has 1 unspecified atom stereocenters. The standard InChI is InChI=1S/C24H34N4O5/c1-18(2)25-22(30)24(32)27-14-12-26(13-15-27)23(31)19-7-6-11-28(17-19)21(29)10-16-33-20-8-4-3-5-9-20/h3-5,8-9,18-19H,6-7,10-17H2,1-2H3,(H,25,30). The highest BCUT2D eigenvalue weighted by Gasteiger charge is 2.34. The van der Waals surface area contributed by atoms with Crippen LogP contribution in [0.3, 0.4) is 0 Å². The second-order valence-corrected chi connectivity index (χ2v) is 8.84. The molecule has 2 aliphatic heterocycles. The van der Waals surface area contributed by atoms with Gasteiger partial charge in [-0.25, -0.2) is 0 Å². The van der Waals surface area contributed by atoms with Crippen LogP contribution in [0.15, 0.2) is 30.3 Å². The molecule has 0 aliphatic carbocycles. The number of rotatable bonds is 6. The van der Waals surface area contributed by atoms with E-state index in [0.29, 0.717) is 45.9 Å². The molecular formula is C24H34N4O5. The fourth-order valence-electron chi connectivity index (χ4n) is 4.19. The lowest BCUT2D eigenvalue weighted by atomic mass is 9.96. The van der Waals surface area contributed by atoms with Crippen molar-refractivity contribution in [1.29, 1.82) is 0 Å². The molecule has 3 rings (SSSR count). The number of ether oxygens (including phenoxy) is 1. The Labute approximate surface area is 195 Å². The van der Waals surface area contributed by atoms with Gasteiger partial charge in [0.1, 0.15) is 5.75 Å². The van der Waals surface area contributed by atoms with Crippen LogP contribution >= 0.6 is 0 Å². The molecule has 2 heterocycles. The lowest BCUT2D eigenvalue weighted by Gasteiger charge is -2.39. The molecule has 2 saturated heterocycles. The van der Waals surface area contributed by atoms with Crippen LogP contribution in [0.1, 0.15) is 33.1 Å². The maximum Gasteiger partial charge on any atom is 0.312 e. The molecule has 2 fully saturated rings. The lowest BCUT2D eigenvalue weighted by Crippen LogP contribution is -2.56. The van der Waals surface area contributed by atoms with Gasteiger partial charge < -0.3 is 24.8 Å². The van der Waals surface area contributed by atoms with Gasteiger partial charge in [-0.2, -0.15) is 0 Å². The number of piperazine rings is 1. The number of piperidine rings is 1. The summed E-state index contributed by atoms with van der Waals surface area (Å²) in [6.45, 7) is 6.44. The summed E-state index contributed by atoms with van der Waals surface area (Å²) in [4.78, 5) is 54.9. The highest BCUT2D eigenvalue weighted by atomic mass is 16.5. The van der Waals surface area contributed by atoms with E-state index in [1.165, 1.54) is 4.90 Å². The van der Waals surface area contributed by atoms with E-state index in [1.54, 1.807) is 23.6 Å². The van der Waals surface area contributed by atoms with Crippen molar-refractivity contribution in [2.45, 2.75) is 39.2 Å². The molecule has 9 nitrogen and oxygen atoms in total. The van der Waals surface area contributed by atoms with E-state index >= 15 is 0 Å². The van der Waals surface area contributed by atoms with Crippen LogP contribution in [-0.4, -0.2) is 90.2 Å². The summed E-state index contributed by atoms with van der Waals surface area (Å²) in [6.07, 6.45) is 1.81. The van der Waals surface area contributed by atoms with Gasteiger partial charge >= 0.3 is 11.8 Å². The normalized spacial score (nSPS) is 18.8. The van der Waals surface area contributed by atoms with Crippen molar-refractivity contribution in [2.75, 3.05) is 45.9 Å². The van der Waals surface area contributed by atoms with Crippen molar-refractivity contribution in [3.63, 3.8) is 0 Å². The van der Waals surface area contributed by atoms with Crippen molar-refractivity contribution in [2.24, 2.45) is 5.92 Å². The molecule has 2 aliphatic rings. The molecule has 0 saturated carbocycles. The van der Waals surface area contributed by atoms with Crippen LogP contribution in [0.25, 0.3) is 0 Å². The van der Waals surface area contributed by atoms with Crippen LogP contribution in [0.2, 0.25) is 0 Å². The minimum atomic E-state index is -0.609. The van der Waals surface area contributed by atoms with Crippen LogP contribution in [0, 0.1) is 5.92 Å². The third-order valence-corrected chi connectivity index (χ3v) is 5.94. The van der Waals surface area contributed by atoms with Crippen LogP contribution in [0.5, 0.6) is 5.75 Å². The lowest BCUT2D eigenvalue weighted by molar-refractivity contribution is -0.150. The fraction of sp³-hybridized carbons (Fsp3) is 0.583. The average molecular weight is 459 g/mol. The van der Waals surface area contributed by atoms with Crippen molar-refractivity contribution >= 4 is 23.6 Å². The Hall–Kier alpha value is -3.10. The quantitative estimate of drug-likeness (QED) is 0.639. The number of nitrogens with zero attached hydrogens (tertiary/aromatic N) is 3. The SMILES string of the molecule is CC(C)NC(=O)C(=O)N1CCN(C(=O)C2CCCN(C(=O)CCOc3ccccc3)C2)CC1. The smallest absolute Gasteiger partial charge is 0.312 e. The summed E-state index contributed by atoms with van der Waals surface area (Å²) in [5.41, 5.74) is 0. The Bertz CT molecular complexity index is 837. The van der Waals surface area contributed by atoms with Gasteiger partial charge in [0.05, 0.1) is 18.9 Å². The Morgan fingerprint density at radius 1 is 0.970 bits per heavy atom. The number of likely N-dealkylation sites (tertiary alicyclic amines) is 1. The molecule has 1 aromatic carbocycles. The first-order valence-electron chi connectivity index (χ1n) is 11.7. The van der Waals surface area contributed by atoms with Gasteiger partial charge in [0.25, 0.3) is 0 Å². The Morgan fingerprint density at radius 2 is 1.64 bits per heavy atom. The van der Waals surface area contributed by atoms with E-state index < -0.39 is 11.8 Å². The summed E-state index contributed by atoms with van der Waals surface area (Å²) in [5, 5.41) is 2.61. The minimum Gasteiger partial charge on any atom is -0.493 e. The molecular weight excluding hydrogens is 424 g/mol. The van der Waals surface area contributed by atoms with Gasteiger partial charge in [0.2, 0.25) is 11.8 Å². The van der Waals surface area contributed by atoms with E-state index in [1.807, 2.05) is 30.3 Å². The van der Waals surface area contributed by atoms with Gasteiger partial charge in [-0.05, 0) is 38.8 Å². The van der Waals surface area contributed by atoms with Crippen molar-refractivity contribution in [3.05, 3.63) is 30.3 Å². The van der Waals surface area contributed by atoms with Crippen LogP contribution in [-0.2, 0) is 19.2 Å². The van der Waals surface area contributed by atoms with Gasteiger partial charge in [-0.3, -0.25) is 19.2 Å². The van der Waals surface area contributed by atoms with Gasteiger partial charge in [-0.15, -0.1) is 0 Å². The zero-order chi connectivity index (χ0) is 23.8. The molecule has 1 atom stereocenters. The molecule has 9 heteroatoms. The van der Waals surface area contributed by atoms with E-state index in [9.17, 15) is 19.2 Å². The topological polar surface area (TPSA) is 99.3 Å². The minimum absolute atomic E-state index is 0.00462. The predicted octanol–water partition coefficient (Wildman–Crippen LogP) is 0.890. The van der Waals surface area contributed by atoms with Crippen molar-refractivity contribution in [1.82, 2.24) is 20.0 Å². The second-order valence-electron chi connectivity index (χ2n) is 8.84. The highest BCUT2D eigenvalue weighted by Crippen LogP contribution is 2.21. The predicted molar refractivity (Wildman–Crippen MR) is 122 cm³/mol. The Balaban J connectivity index is 1.43. The first kappa shape index (κ1) is 24.5. The molecule has 33 heavy (non-hydrogen) atoms. The van der Waals surface area contributed by atoms with Crippen LogP contribution < -0.4 is 10.1 Å². The molecule has 0 bridgehead atoms. The third-order valence-electron chi connectivity index (χ3n) is 5.94. The van der Waals surface area contributed by atoms with E-state index in [4.69, 9.17) is 4.74 Å².